The van der Waals surface area contributed by atoms with Gasteiger partial charge in [-0.3, -0.25) is 4.79 Å². The lowest BCUT2D eigenvalue weighted by molar-refractivity contribution is -0.111. The molecule has 0 aliphatic heterocycles. The van der Waals surface area contributed by atoms with E-state index in [-0.39, 0.29) is 47.2 Å². The van der Waals surface area contributed by atoms with Gasteiger partial charge in [-0.05, 0) is 38.0 Å². The summed E-state index contributed by atoms with van der Waals surface area (Å²) in [6, 6.07) is 6.13. The SMILES string of the molecule is CCCC(C=O)CCC(=O)c1ccc(-c2ccc(OCC)c(F)c2F)c(F)c1. The molecule has 1 atom stereocenters. The van der Waals surface area contributed by atoms with Crippen LogP contribution in [-0.2, 0) is 4.79 Å². The second kappa shape index (κ2) is 10.1. The number of rotatable bonds is 10. The molecule has 2 aromatic rings. The minimum Gasteiger partial charge on any atom is -0.491 e. The summed E-state index contributed by atoms with van der Waals surface area (Å²) in [4.78, 5) is 23.3. The van der Waals surface area contributed by atoms with Crippen molar-refractivity contribution in [2.24, 2.45) is 5.92 Å². The van der Waals surface area contributed by atoms with Crippen molar-refractivity contribution in [2.45, 2.75) is 39.5 Å². The highest BCUT2D eigenvalue weighted by Gasteiger charge is 2.19. The van der Waals surface area contributed by atoms with E-state index in [0.29, 0.717) is 12.8 Å². The van der Waals surface area contributed by atoms with Crippen molar-refractivity contribution in [3.8, 4) is 16.9 Å². The Bertz CT molecular complexity index is 849. The van der Waals surface area contributed by atoms with Crippen LogP contribution in [0.4, 0.5) is 13.2 Å². The van der Waals surface area contributed by atoms with Crippen LogP contribution in [0.15, 0.2) is 30.3 Å². The van der Waals surface area contributed by atoms with Crippen molar-refractivity contribution in [3.63, 3.8) is 0 Å². The number of carbonyl (C=O) groups is 2. The Morgan fingerprint density at radius 1 is 1.04 bits per heavy atom. The summed E-state index contributed by atoms with van der Waals surface area (Å²) in [5, 5.41) is 0. The fraction of sp³-hybridized carbons (Fsp3) is 0.364. The summed E-state index contributed by atoms with van der Waals surface area (Å²) in [5.41, 5.74) is -0.261. The van der Waals surface area contributed by atoms with Crippen molar-refractivity contribution in [2.75, 3.05) is 6.61 Å². The molecule has 0 heterocycles. The average molecular weight is 392 g/mol. The number of hydrogen-bond donors (Lipinski definition) is 0. The van der Waals surface area contributed by atoms with Gasteiger partial charge in [0.25, 0.3) is 0 Å². The van der Waals surface area contributed by atoms with E-state index in [1.54, 1.807) is 6.92 Å². The van der Waals surface area contributed by atoms with E-state index in [1.807, 2.05) is 6.92 Å². The van der Waals surface area contributed by atoms with Gasteiger partial charge in [0.05, 0.1) is 6.61 Å². The van der Waals surface area contributed by atoms with Crippen molar-refractivity contribution >= 4 is 12.1 Å². The highest BCUT2D eigenvalue weighted by atomic mass is 19.2. The lowest BCUT2D eigenvalue weighted by Crippen LogP contribution is -2.07. The van der Waals surface area contributed by atoms with Crippen LogP contribution < -0.4 is 4.74 Å². The fourth-order valence-electron chi connectivity index (χ4n) is 3.03. The first-order valence-corrected chi connectivity index (χ1v) is 9.32. The molecule has 0 radical (unpaired) electrons. The van der Waals surface area contributed by atoms with Gasteiger partial charge in [0, 0.05) is 29.0 Å². The van der Waals surface area contributed by atoms with Gasteiger partial charge in [-0.15, -0.1) is 0 Å². The van der Waals surface area contributed by atoms with Crippen LogP contribution in [0.5, 0.6) is 5.75 Å². The summed E-state index contributed by atoms with van der Waals surface area (Å²) in [6.07, 6.45) is 2.90. The predicted octanol–water partition coefficient (Wildman–Crippen LogP) is 5.75. The predicted molar refractivity (Wildman–Crippen MR) is 101 cm³/mol. The summed E-state index contributed by atoms with van der Waals surface area (Å²) in [5.74, 6) is -3.96. The summed E-state index contributed by atoms with van der Waals surface area (Å²) < 4.78 is 47.8. The third kappa shape index (κ3) is 5.00. The number of aldehydes is 1. The Labute approximate surface area is 162 Å². The Morgan fingerprint density at radius 3 is 2.36 bits per heavy atom. The molecule has 1 unspecified atom stereocenters. The van der Waals surface area contributed by atoms with E-state index >= 15 is 0 Å². The molecule has 0 aromatic heterocycles. The molecule has 0 bridgehead atoms. The van der Waals surface area contributed by atoms with E-state index in [0.717, 1.165) is 18.8 Å². The van der Waals surface area contributed by atoms with Gasteiger partial charge in [0.1, 0.15) is 12.1 Å². The third-order valence-corrected chi connectivity index (χ3v) is 4.52. The normalized spacial score (nSPS) is 11.9. The monoisotopic (exact) mass is 392 g/mol. The van der Waals surface area contributed by atoms with Gasteiger partial charge in [-0.25, -0.2) is 8.78 Å². The van der Waals surface area contributed by atoms with Crippen molar-refractivity contribution in [1.82, 2.24) is 0 Å². The Hall–Kier alpha value is -2.63. The third-order valence-electron chi connectivity index (χ3n) is 4.52. The number of carbonyl (C=O) groups excluding carboxylic acids is 2. The molecule has 0 spiro atoms. The number of ether oxygens (including phenoxy) is 1. The van der Waals surface area contributed by atoms with Crippen LogP contribution in [0.25, 0.3) is 11.1 Å². The smallest absolute Gasteiger partial charge is 0.201 e. The molecule has 150 valence electrons. The van der Waals surface area contributed by atoms with Crippen LogP contribution in [0, 0.1) is 23.4 Å². The van der Waals surface area contributed by atoms with E-state index in [9.17, 15) is 22.8 Å². The van der Waals surface area contributed by atoms with Gasteiger partial charge in [0.15, 0.2) is 17.3 Å². The van der Waals surface area contributed by atoms with Gasteiger partial charge in [-0.1, -0.05) is 25.5 Å². The summed E-state index contributed by atoms with van der Waals surface area (Å²) >= 11 is 0. The molecule has 2 aromatic carbocycles. The van der Waals surface area contributed by atoms with Gasteiger partial charge in [0.2, 0.25) is 5.82 Å². The lowest BCUT2D eigenvalue weighted by atomic mass is 9.95. The Morgan fingerprint density at radius 2 is 1.75 bits per heavy atom. The molecular weight excluding hydrogens is 369 g/mol. The summed E-state index contributed by atoms with van der Waals surface area (Å²) in [6.45, 7) is 3.76. The molecule has 0 fully saturated rings. The zero-order valence-electron chi connectivity index (χ0n) is 15.9. The van der Waals surface area contributed by atoms with Crippen molar-refractivity contribution in [1.29, 1.82) is 0 Å². The fourth-order valence-corrected chi connectivity index (χ4v) is 3.03. The van der Waals surface area contributed by atoms with E-state index in [2.05, 4.69) is 0 Å². The van der Waals surface area contributed by atoms with Crippen LogP contribution in [-0.4, -0.2) is 18.7 Å². The molecular formula is C22H23F3O3. The maximum Gasteiger partial charge on any atom is 0.201 e. The number of ketones is 1. The van der Waals surface area contributed by atoms with Crippen LogP contribution >= 0.6 is 0 Å². The molecule has 0 saturated heterocycles. The van der Waals surface area contributed by atoms with Crippen LogP contribution in [0.3, 0.4) is 0 Å². The molecule has 0 aliphatic rings. The summed E-state index contributed by atoms with van der Waals surface area (Å²) in [7, 11) is 0. The Kier molecular flexibility index (Phi) is 7.79. The van der Waals surface area contributed by atoms with Crippen molar-refractivity contribution in [3.05, 3.63) is 53.3 Å². The number of halogens is 3. The lowest BCUT2D eigenvalue weighted by Gasteiger charge is -2.11. The largest absolute Gasteiger partial charge is 0.491 e. The standard InChI is InChI=1S/C22H23F3O3/c1-3-5-14(13-26)6-10-19(27)15-7-8-16(18(23)12-15)17-9-11-20(28-4-2)22(25)21(17)24/h7-9,11-14H,3-6,10H2,1-2H3. The quantitative estimate of drug-likeness (QED) is 0.382. The average Bonchev–Trinajstić information content (AvgIpc) is 2.69. The van der Waals surface area contributed by atoms with Crippen LogP contribution in [0.1, 0.15) is 49.9 Å². The van der Waals surface area contributed by atoms with Crippen molar-refractivity contribution < 1.29 is 27.5 Å². The first kappa shape index (κ1) is 21.7. The number of hydrogen-bond acceptors (Lipinski definition) is 3. The second-order valence-corrected chi connectivity index (χ2v) is 6.51. The van der Waals surface area contributed by atoms with E-state index in [4.69, 9.17) is 4.74 Å². The maximum absolute atomic E-state index is 14.5. The van der Waals surface area contributed by atoms with E-state index < -0.39 is 17.5 Å². The molecule has 28 heavy (non-hydrogen) atoms. The maximum atomic E-state index is 14.5. The first-order valence-electron chi connectivity index (χ1n) is 9.32. The molecule has 0 saturated carbocycles. The topological polar surface area (TPSA) is 43.4 Å². The first-order chi connectivity index (χ1) is 13.4. The molecule has 0 aliphatic carbocycles. The minimum atomic E-state index is -1.21. The molecule has 0 amide bonds. The van der Waals surface area contributed by atoms with Gasteiger partial charge in [-0.2, -0.15) is 4.39 Å². The van der Waals surface area contributed by atoms with E-state index in [1.165, 1.54) is 24.3 Å². The molecule has 6 heteroatoms. The zero-order chi connectivity index (χ0) is 20.7. The second-order valence-electron chi connectivity index (χ2n) is 6.51. The van der Waals surface area contributed by atoms with Crippen LogP contribution in [0.2, 0.25) is 0 Å². The highest BCUT2D eigenvalue weighted by molar-refractivity contribution is 5.96. The minimum absolute atomic E-state index is 0.119. The zero-order valence-corrected chi connectivity index (χ0v) is 15.9. The Balaban J connectivity index is 2.21. The number of Topliss-reactive ketones (excluding diaryl/α,β-unsaturated/α-hetero) is 1. The molecule has 2 rings (SSSR count). The number of benzene rings is 2. The molecule has 0 N–H and O–H groups in total. The van der Waals surface area contributed by atoms with Gasteiger partial charge >= 0.3 is 0 Å². The van der Waals surface area contributed by atoms with Gasteiger partial charge < -0.3 is 9.53 Å². The highest BCUT2D eigenvalue weighted by Crippen LogP contribution is 2.32. The molecule has 3 nitrogen and oxygen atoms in total.